The van der Waals surface area contributed by atoms with Crippen LogP contribution in [0.25, 0.3) is 0 Å². The van der Waals surface area contributed by atoms with Crippen LogP contribution in [0, 0.1) is 18.2 Å². The van der Waals surface area contributed by atoms with Crippen molar-refractivity contribution in [2.45, 2.75) is 58.3 Å². The van der Waals surface area contributed by atoms with Gasteiger partial charge in [-0.1, -0.05) is 44.8 Å². The van der Waals surface area contributed by atoms with E-state index in [9.17, 15) is 13.2 Å². The summed E-state index contributed by atoms with van der Waals surface area (Å²) < 4.78 is 35.3. The van der Waals surface area contributed by atoms with Crippen molar-refractivity contribution in [3.8, 4) is 0 Å². The minimum Gasteiger partial charge on any atom is -1.00 e. The fourth-order valence-corrected chi connectivity index (χ4v) is 4.91. The summed E-state index contributed by atoms with van der Waals surface area (Å²) in [6, 6.07) is 7.14. The molecule has 0 unspecified atom stereocenters. The second-order valence-corrected chi connectivity index (χ2v) is 18.7. The Hall–Kier alpha value is -0.592. The van der Waals surface area contributed by atoms with Gasteiger partial charge >= 0.3 is 27.9 Å². The maximum atomic E-state index is 11.8. The minimum absolute atomic E-state index is 0. The van der Waals surface area contributed by atoms with Crippen LogP contribution in [-0.2, 0) is 27.9 Å². The summed E-state index contributed by atoms with van der Waals surface area (Å²) in [4.78, 5) is 0. The molecule has 0 heterocycles. The Labute approximate surface area is 203 Å². The van der Waals surface area contributed by atoms with Crippen LogP contribution in [0.15, 0.2) is 59.0 Å². The molecule has 0 amide bonds. The molecule has 0 nitrogen and oxygen atoms in total. The average Bonchev–Trinajstić information content (AvgIpc) is 3.29. The molecule has 1 aromatic rings. The van der Waals surface area contributed by atoms with Gasteiger partial charge in [0.15, 0.2) is 0 Å². The van der Waals surface area contributed by atoms with Crippen molar-refractivity contribution < 1.29 is 47.3 Å². The molecule has 0 fully saturated rings. The average molecular weight is 503 g/mol. The number of halogens is 4. The first-order valence-corrected chi connectivity index (χ1v) is 16.4. The summed E-state index contributed by atoms with van der Waals surface area (Å²) in [5.41, 5.74) is -0.727. The largest absolute Gasteiger partial charge is 4.00 e. The molecule has 0 radical (unpaired) electrons. The Balaban J connectivity index is 0. The van der Waals surface area contributed by atoms with E-state index in [4.69, 9.17) is 0 Å². The van der Waals surface area contributed by atoms with Crippen molar-refractivity contribution in [1.29, 1.82) is 0 Å². The van der Waals surface area contributed by atoms with Gasteiger partial charge in [-0.3, -0.25) is 12.2 Å². The monoisotopic (exact) mass is 502 g/mol. The number of rotatable bonds is 2. The van der Waals surface area contributed by atoms with Gasteiger partial charge in [-0.15, -0.1) is 12.8 Å². The van der Waals surface area contributed by atoms with Gasteiger partial charge in [-0.2, -0.15) is 55.7 Å². The van der Waals surface area contributed by atoms with E-state index in [2.05, 4.69) is 81.8 Å². The van der Waals surface area contributed by atoms with Crippen LogP contribution in [0.4, 0.5) is 13.2 Å². The Morgan fingerprint density at radius 3 is 1.40 bits per heavy atom. The summed E-state index contributed by atoms with van der Waals surface area (Å²) in [6.45, 7) is 14.1. The summed E-state index contributed by atoms with van der Waals surface area (Å²) in [6.07, 6.45) is 13.4. The zero-order valence-corrected chi connectivity index (χ0v) is 22.9. The number of alkyl halides is 3. The van der Waals surface area contributed by atoms with E-state index in [0.29, 0.717) is 0 Å². The first kappa shape index (κ1) is 31.6. The molecule has 0 spiro atoms. The molecule has 0 aliphatic heterocycles. The molecule has 30 heavy (non-hydrogen) atoms. The standard InChI is InChI=1S/2C8H13Si.C7H4F3.ClH.Ti/c2*1-9(2,3)8-6-4-5-7-8;8-7(9,10)6-4-2-1-3-5-6;;/h2*4,6H,5H2,1-3H3;1-4H;1H;/q3*-1;;+4/p-1. The third kappa shape index (κ3) is 12.3. The Morgan fingerprint density at radius 2 is 1.23 bits per heavy atom. The van der Waals surface area contributed by atoms with E-state index in [-0.39, 0.29) is 34.1 Å². The van der Waals surface area contributed by atoms with E-state index in [1.54, 1.807) is 0 Å². The van der Waals surface area contributed by atoms with Crippen LogP contribution in [-0.4, -0.2) is 16.1 Å². The van der Waals surface area contributed by atoms with Crippen molar-refractivity contribution in [2.75, 3.05) is 0 Å². The Morgan fingerprint density at radius 1 is 0.800 bits per heavy atom. The van der Waals surface area contributed by atoms with Crippen LogP contribution < -0.4 is 12.4 Å². The van der Waals surface area contributed by atoms with E-state index in [1.807, 2.05) is 0 Å². The normalized spacial score (nSPS) is 14.8. The number of hydrogen-bond acceptors (Lipinski definition) is 0. The second-order valence-electron chi connectivity index (χ2n) is 8.67. The predicted molar refractivity (Wildman–Crippen MR) is 118 cm³/mol. The van der Waals surface area contributed by atoms with Crippen molar-refractivity contribution >= 4 is 16.1 Å². The maximum absolute atomic E-state index is 11.8. The van der Waals surface area contributed by atoms with E-state index >= 15 is 0 Å². The molecule has 0 aromatic heterocycles. The summed E-state index contributed by atoms with van der Waals surface area (Å²) >= 11 is 0. The van der Waals surface area contributed by atoms with Crippen LogP contribution in [0.3, 0.4) is 0 Å². The van der Waals surface area contributed by atoms with Gasteiger partial charge in [0.05, 0.1) is 0 Å². The molecule has 3 rings (SSSR count). The fourth-order valence-electron chi connectivity index (χ4n) is 2.41. The van der Waals surface area contributed by atoms with Gasteiger partial charge in [0.2, 0.25) is 0 Å². The van der Waals surface area contributed by atoms with Crippen LogP contribution in [0.5, 0.6) is 0 Å². The van der Waals surface area contributed by atoms with Gasteiger partial charge in [0.25, 0.3) is 0 Å². The molecule has 2 aliphatic rings. The molecular weight excluding hydrogens is 473 g/mol. The van der Waals surface area contributed by atoms with Crippen LogP contribution in [0.2, 0.25) is 39.3 Å². The summed E-state index contributed by atoms with van der Waals surface area (Å²) in [5, 5.41) is 2.98. The molecule has 1 aromatic carbocycles. The van der Waals surface area contributed by atoms with Gasteiger partial charge in [-0.25, -0.2) is 22.5 Å². The van der Waals surface area contributed by atoms with E-state index in [0.717, 1.165) is 18.9 Å². The van der Waals surface area contributed by atoms with Gasteiger partial charge in [-0.05, 0) is 0 Å². The zero-order chi connectivity index (χ0) is 21.4. The molecule has 0 N–H and O–H groups in total. The van der Waals surface area contributed by atoms with Crippen LogP contribution in [0.1, 0.15) is 18.4 Å². The SMILES string of the molecule is C[Si](C)(C)C1=[C-]CC=C1.C[Si](C)(C)C1=[C-]CC=C1.FC(F)(F)c1[c-]cccc1.[Cl-].[Ti+4]. The minimum atomic E-state index is -4.26. The predicted octanol–water partition coefficient (Wildman–Crippen LogP) is 4.61. The topological polar surface area (TPSA) is 0 Å². The molecule has 0 saturated carbocycles. The molecule has 0 bridgehead atoms. The number of hydrogen-bond donors (Lipinski definition) is 0. The van der Waals surface area contributed by atoms with Crippen molar-refractivity contribution in [2.24, 2.45) is 0 Å². The first-order valence-electron chi connectivity index (χ1n) is 9.41. The van der Waals surface area contributed by atoms with E-state index < -0.39 is 27.9 Å². The zero-order valence-electron chi connectivity index (χ0n) is 18.5. The van der Waals surface area contributed by atoms with E-state index in [1.165, 1.54) is 28.6 Å². The molecule has 162 valence electrons. The first-order chi connectivity index (χ1) is 12.8. The van der Waals surface area contributed by atoms with Gasteiger partial charge in [0, 0.05) is 16.1 Å². The molecule has 0 saturated heterocycles. The molecule has 0 atom stereocenters. The molecule has 7 heteroatoms. The third-order valence-electron chi connectivity index (χ3n) is 4.02. The van der Waals surface area contributed by atoms with Crippen molar-refractivity contribution in [3.63, 3.8) is 0 Å². The van der Waals surface area contributed by atoms with Crippen LogP contribution >= 0.6 is 0 Å². The summed E-state index contributed by atoms with van der Waals surface area (Å²) in [5.74, 6) is 0. The third-order valence-corrected chi connectivity index (χ3v) is 7.94. The molecular formula is C23H30ClF3Si2Ti. The van der Waals surface area contributed by atoms with Gasteiger partial charge in [0.1, 0.15) is 0 Å². The maximum Gasteiger partial charge on any atom is 4.00 e. The van der Waals surface area contributed by atoms with Crippen molar-refractivity contribution in [3.05, 3.63) is 82.7 Å². The number of benzene rings is 1. The fraction of sp³-hybridized carbons (Fsp3) is 0.391. The smallest absolute Gasteiger partial charge is 1.00 e. The summed E-state index contributed by atoms with van der Waals surface area (Å²) in [7, 11) is -2.01. The Kier molecular flexibility index (Phi) is 14.5. The quantitative estimate of drug-likeness (QED) is 0.409. The second kappa shape index (κ2) is 13.7. The molecule has 2 aliphatic carbocycles. The Bertz CT molecular complexity index is 698. The van der Waals surface area contributed by atoms with Gasteiger partial charge < -0.3 is 12.4 Å². The van der Waals surface area contributed by atoms with Crippen molar-refractivity contribution in [1.82, 2.24) is 0 Å². The number of allylic oxidation sites excluding steroid dienone is 8.